The quantitative estimate of drug-likeness (QED) is 0.657. The van der Waals surface area contributed by atoms with Crippen LogP contribution in [0.2, 0.25) is 0 Å². The number of benzene rings is 2. The molecule has 3 heterocycles. The molecule has 3 aliphatic rings. The van der Waals surface area contributed by atoms with Crippen molar-refractivity contribution in [1.29, 1.82) is 0 Å². The van der Waals surface area contributed by atoms with Crippen molar-refractivity contribution < 1.29 is 4.79 Å². The van der Waals surface area contributed by atoms with Crippen molar-refractivity contribution in [3.05, 3.63) is 68.6 Å². The molecule has 3 aliphatic heterocycles. The Kier molecular flexibility index (Phi) is 4.63. The van der Waals surface area contributed by atoms with Crippen LogP contribution >= 0.6 is 31.9 Å². The Morgan fingerprint density at radius 1 is 0.833 bits per heavy atom. The van der Waals surface area contributed by atoms with Crippen molar-refractivity contribution in [3.8, 4) is 0 Å². The van der Waals surface area contributed by atoms with Crippen LogP contribution in [-0.4, -0.2) is 29.8 Å². The minimum Gasteiger partial charge on any atom is -0.298 e. The van der Waals surface area contributed by atoms with E-state index in [1.54, 1.807) is 0 Å². The molecule has 0 saturated carbocycles. The zero-order valence-electron chi connectivity index (χ0n) is 13.3. The van der Waals surface area contributed by atoms with Crippen LogP contribution in [0, 0.1) is 5.92 Å². The van der Waals surface area contributed by atoms with Crippen molar-refractivity contribution >= 4 is 37.6 Å². The minimum atomic E-state index is -0.0279. The topological polar surface area (TPSA) is 20.3 Å². The molecule has 124 valence electrons. The number of fused-ring (bicyclic) bond motifs is 3. The van der Waals surface area contributed by atoms with Crippen molar-refractivity contribution in [1.82, 2.24) is 4.90 Å². The van der Waals surface area contributed by atoms with E-state index in [1.165, 1.54) is 11.1 Å². The predicted molar refractivity (Wildman–Crippen MR) is 103 cm³/mol. The molecule has 0 aromatic heterocycles. The highest BCUT2D eigenvalue weighted by Gasteiger charge is 2.45. The summed E-state index contributed by atoms with van der Waals surface area (Å²) in [5.41, 5.74) is 2.43. The van der Waals surface area contributed by atoms with E-state index < -0.39 is 0 Å². The van der Waals surface area contributed by atoms with Gasteiger partial charge in [0.05, 0.1) is 6.04 Å². The van der Waals surface area contributed by atoms with Gasteiger partial charge in [0.25, 0.3) is 0 Å². The average Bonchev–Trinajstić information content (AvgIpc) is 2.61. The number of carbonyl (C=O) groups is 1. The smallest absolute Gasteiger partial charge is 0.154 e. The minimum absolute atomic E-state index is 0.0279. The number of ketones is 1. The fourth-order valence-electron chi connectivity index (χ4n) is 4.16. The van der Waals surface area contributed by atoms with Crippen molar-refractivity contribution in [2.24, 2.45) is 5.92 Å². The lowest BCUT2D eigenvalue weighted by Crippen LogP contribution is -2.57. The van der Waals surface area contributed by atoms with Crippen LogP contribution in [-0.2, 0) is 4.79 Å². The predicted octanol–water partition coefficient (Wildman–Crippen LogP) is 5.01. The van der Waals surface area contributed by atoms with Gasteiger partial charge in [0.1, 0.15) is 0 Å². The normalized spacial score (nSPS) is 26.1. The summed E-state index contributed by atoms with van der Waals surface area (Å²) < 4.78 is 2.13. The maximum absolute atomic E-state index is 13.0. The van der Waals surface area contributed by atoms with E-state index in [1.807, 2.05) is 0 Å². The molecule has 24 heavy (non-hydrogen) atoms. The van der Waals surface area contributed by atoms with Crippen LogP contribution in [0.4, 0.5) is 0 Å². The highest BCUT2D eigenvalue weighted by atomic mass is 79.9. The highest BCUT2D eigenvalue weighted by molar-refractivity contribution is 9.10. The second kappa shape index (κ2) is 6.74. The van der Waals surface area contributed by atoms with Crippen LogP contribution in [0.25, 0.3) is 0 Å². The van der Waals surface area contributed by atoms with Gasteiger partial charge in [-0.3, -0.25) is 9.69 Å². The van der Waals surface area contributed by atoms with Gasteiger partial charge < -0.3 is 0 Å². The first-order valence-electron chi connectivity index (χ1n) is 8.42. The Morgan fingerprint density at radius 3 is 1.71 bits per heavy atom. The number of hydrogen-bond donors (Lipinski definition) is 0. The van der Waals surface area contributed by atoms with Gasteiger partial charge in [-0.1, -0.05) is 56.1 Å². The summed E-state index contributed by atoms with van der Waals surface area (Å²) in [6.07, 6.45) is 2.06. The third kappa shape index (κ3) is 3.00. The molecule has 1 atom stereocenters. The van der Waals surface area contributed by atoms with Gasteiger partial charge >= 0.3 is 0 Å². The summed E-state index contributed by atoms with van der Waals surface area (Å²) in [5, 5.41) is 0. The van der Waals surface area contributed by atoms with Gasteiger partial charge in [0, 0.05) is 20.8 Å². The number of rotatable bonds is 3. The maximum atomic E-state index is 13.0. The molecule has 0 radical (unpaired) electrons. The number of piperidine rings is 3. The van der Waals surface area contributed by atoms with E-state index in [9.17, 15) is 4.79 Å². The van der Waals surface area contributed by atoms with Gasteiger partial charge in [-0.25, -0.2) is 0 Å². The number of halogens is 2. The summed E-state index contributed by atoms with van der Waals surface area (Å²) in [6.45, 7) is 2.09. The largest absolute Gasteiger partial charge is 0.298 e. The first kappa shape index (κ1) is 16.5. The van der Waals surface area contributed by atoms with Crippen molar-refractivity contribution in [3.63, 3.8) is 0 Å². The molecule has 0 aliphatic carbocycles. The maximum Gasteiger partial charge on any atom is 0.154 e. The van der Waals surface area contributed by atoms with E-state index in [4.69, 9.17) is 0 Å². The molecule has 2 aromatic carbocycles. The third-order valence-corrected chi connectivity index (χ3v) is 6.45. The molecular formula is C20H19Br2NO. The monoisotopic (exact) mass is 447 g/mol. The Labute approximate surface area is 159 Å². The van der Waals surface area contributed by atoms with Gasteiger partial charge in [0.15, 0.2) is 5.78 Å². The second-order valence-corrected chi connectivity index (χ2v) is 8.57. The molecule has 2 bridgehead atoms. The highest BCUT2D eigenvalue weighted by Crippen LogP contribution is 2.40. The molecule has 0 unspecified atom stereocenters. The molecular weight excluding hydrogens is 430 g/mol. The number of nitrogens with zero attached hydrogens (tertiary/aromatic N) is 1. The fraction of sp³-hybridized carbons (Fsp3) is 0.350. The Hall–Kier alpha value is -0.970. The molecule has 2 nitrogen and oxygen atoms in total. The lowest BCUT2D eigenvalue weighted by Gasteiger charge is -2.47. The fourth-order valence-corrected chi connectivity index (χ4v) is 4.68. The van der Waals surface area contributed by atoms with Crippen LogP contribution in [0.5, 0.6) is 0 Å². The average molecular weight is 449 g/mol. The van der Waals surface area contributed by atoms with E-state index in [0.717, 1.165) is 34.9 Å². The molecule has 3 saturated heterocycles. The number of carbonyl (C=O) groups excluding carboxylic acids is 1. The first-order valence-corrected chi connectivity index (χ1v) is 10.0. The molecule has 3 fully saturated rings. The summed E-state index contributed by atoms with van der Waals surface area (Å²) in [5.74, 6) is 0.790. The van der Waals surface area contributed by atoms with E-state index in [2.05, 4.69) is 85.3 Å². The van der Waals surface area contributed by atoms with Gasteiger partial charge in [-0.05, 0) is 61.3 Å². The second-order valence-electron chi connectivity index (χ2n) is 6.74. The van der Waals surface area contributed by atoms with E-state index in [-0.39, 0.29) is 17.9 Å². The van der Waals surface area contributed by atoms with Gasteiger partial charge in [-0.15, -0.1) is 0 Å². The molecule has 4 heteroatoms. The standard InChI is InChI=1S/C20H19Br2NO/c21-16-5-1-13(2-6-16)18(14-3-7-17(22)8-4-14)19-20(24)15-9-11-23(19)12-10-15/h1-8,15,18-19H,9-12H2/t19-/m1/s1. The molecule has 0 amide bonds. The Bertz CT molecular complexity index is 688. The first-order chi connectivity index (χ1) is 11.6. The van der Waals surface area contributed by atoms with Crippen molar-refractivity contribution in [2.75, 3.05) is 13.1 Å². The van der Waals surface area contributed by atoms with Gasteiger partial charge in [0.2, 0.25) is 0 Å². The van der Waals surface area contributed by atoms with E-state index in [0.29, 0.717) is 5.78 Å². The summed E-state index contributed by atoms with van der Waals surface area (Å²) in [6, 6.07) is 16.8. The van der Waals surface area contributed by atoms with Crippen molar-refractivity contribution in [2.45, 2.75) is 24.8 Å². The number of hydrogen-bond acceptors (Lipinski definition) is 2. The molecule has 5 rings (SSSR count). The molecule has 0 spiro atoms. The third-order valence-electron chi connectivity index (χ3n) is 5.39. The zero-order valence-corrected chi connectivity index (χ0v) is 16.5. The molecule has 2 aromatic rings. The lowest BCUT2D eigenvalue weighted by atomic mass is 9.73. The SMILES string of the molecule is O=C1C2CCN(CC2)[C@@H]1C(c1ccc(Br)cc1)c1ccc(Br)cc1. The van der Waals surface area contributed by atoms with Crippen LogP contribution in [0.1, 0.15) is 29.9 Å². The Balaban J connectivity index is 1.79. The van der Waals surface area contributed by atoms with Crippen LogP contribution in [0.15, 0.2) is 57.5 Å². The van der Waals surface area contributed by atoms with Crippen LogP contribution in [0.3, 0.4) is 0 Å². The Morgan fingerprint density at radius 2 is 1.29 bits per heavy atom. The summed E-state index contributed by atoms with van der Waals surface area (Å²) in [7, 11) is 0. The number of Topliss-reactive ketones (excluding diaryl/α,β-unsaturated/α-hetero) is 1. The van der Waals surface area contributed by atoms with Gasteiger partial charge in [-0.2, -0.15) is 0 Å². The van der Waals surface area contributed by atoms with E-state index >= 15 is 0 Å². The zero-order chi connectivity index (χ0) is 16.7. The lowest BCUT2D eigenvalue weighted by molar-refractivity contribution is -0.137. The summed E-state index contributed by atoms with van der Waals surface area (Å²) >= 11 is 7.03. The summed E-state index contributed by atoms with van der Waals surface area (Å²) in [4.78, 5) is 15.4. The van der Waals surface area contributed by atoms with Crippen LogP contribution < -0.4 is 0 Å². The molecule has 0 N–H and O–H groups in total.